The molecule has 0 radical (unpaired) electrons. The Kier molecular flexibility index (Phi) is 4.82. The number of hydrogen-bond donors (Lipinski definition) is 3. The van der Waals surface area contributed by atoms with E-state index in [0.717, 1.165) is 11.3 Å². The second-order valence-corrected chi connectivity index (χ2v) is 9.11. The van der Waals surface area contributed by atoms with Crippen LogP contribution in [0.15, 0.2) is 42.7 Å². The van der Waals surface area contributed by atoms with Crippen LogP contribution in [0, 0.1) is 0 Å². The summed E-state index contributed by atoms with van der Waals surface area (Å²) in [5.41, 5.74) is 8.74. The Morgan fingerprint density at radius 2 is 1.96 bits per heavy atom. The van der Waals surface area contributed by atoms with E-state index < -0.39 is 15.3 Å². The molecule has 2 unspecified atom stereocenters. The lowest BCUT2D eigenvalue weighted by Gasteiger charge is -2.20. The molecule has 1 aromatic heterocycles. The molecular formula is C19H23N5O3S. The quantitative estimate of drug-likeness (QED) is 0.713. The first-order chi connectivity index (χ1) is 13.4. The number of aromatic nitrogens is 1. The van der Waals surface area contributed by atoms with Crippen LogP contribution in [0.3, 0.4) is 0 Å². The summed E-state index contributed by atoms with van der Waals surface area (Å²) in [5.74, 6) is -0.106. The van der Waals surface area contributed by atoms with Crippen molar-refractivity contribution in [1.29, 1.82) is 0 Å². The summed E-state index contributed by atoms with van der Waals surface area (Å²) in [4.78, 5) is 18.4. The van der Waals surface area contributed by atoms with Crippen LogP contribution in [0.4, 0.5) is 11.4 Å². The molecule has 148 valence electrons. The third-order valence-electron chi connectivity index (χ3n) is 5.27. The number of pyridine rings is 1. The van der Waals surface area contributed by atoms with Crippen LogP contribution in [0.1, 0.15) is 29.8 Å². The van der Waals surface area contributed by atoms with Crippen molar-refractivity contribution in [1.82, 2.24) is 15.8 Å². The Labute approximate surface area is 164 Å². The van der Waals surface area contributed by atoms with E-state index in [1.807, 2.05) is 19.9 Å². The Hall–Kier alpha value is -2.49. The molecule has 2 aliphatic rings. The highest BCUT2D eigenvalue weighted by Gasteiger charge is 2.40. The fourth-order valence-electron chi connectivity index (χ4n) is 3.95. The summed E-state index contributed by atoms with van der Waals surface area (Å²) in [6, 6.07) is 8.39. The first kappa shape index (κ1) is 18.9. The molecular weight excluding hydrogens is 378 g/mol. The van der Waals surface area contributed by atoms with Crippen molar-refractivity contribution in [3.05, 3.63) is 53.9 Å². The number of hydrazine groups is 1. The zero-order valence-corrected chi connectivity index (χ0v) is 16.5. The maximum atomic E-state index is 12.8. The normalized spacial score (nSPS) is 24.2. The average Bonchev–Trinajstić information content (AvgIpc) is 3.24. The number of amides is 1. The fourth-order valence-corrected chi connectivity index (χ4v) is 5.75. The van der Waals surface area contributed by atoms with Crippen LogP contribution in [-0.4, -0.2) is 43.2 Å². The average molecular weight is 401 g/mol. The summed E-state index contributed by atoms with van der Waals surface area (Å²) in [6.45, 7) is 4.24. The second kappa shape index (κ2) is 7.16. The smallest absolute Gasteiger partial charge is 0.259 e. The number of fused-ring (bicyclic) bond motifs is 1. The maximum absolute atomic E-state index is 12.8. The lowest BCUT2D eigenvalue weighted by atomic mass is 10.1. The van der Waals surface area contributed by atoms with Gasteiger partial charge in [-0.15, -0.1) is 0 Å². The van der Waals surface area contributed by atoms with Gasteiger partial charge in [0.15, 0.2) is 0 Å². The maximum Gasteiger partial charge on any atom is 0.259 e. The topological polar surface area (TPSA) is 103 Å². The Morgan fingerprint density at radius 3 is 2.64 bits per heavy atom. The number of nitrogens with zero attached hydrogens (tertiary/aromatic N) is 2. The highest BCUT2D eigenvalue weighted by Crippen LogP contribution is 2.32. The SMILES string of the molecule is CC1NNC(C)C1S(=O)(=O)Nc1ccc2c(c1)CCN2C(=O)c1cccnc1. The van der Waals surface area contributed by atoms with Crippen molar-refractivity contribution in [2.75, 3.05) is 16.2 Å². The van der Waals surface area contributed by atoms with E-state index in [4.69, 9.17) is 0 Å². The van der Waals surface area contributed by atoms with E-state index in [9.17, 15) is 13.2 Å². The molecule has 2 aliphatic heterocycles. The van der Waals surface area contributed by atoms with Gasteiger partial charge in [0.25, 0.3) is 5.91 Å². The van der Waals surface area contributed by atoms with E-state index in [2.05, 4.69) is 20.6 Å². The van der Waals surface area contributed by atoms with E-state index >= 15 is 0 Å². The van der Waals surface area contributed by atoms with Crippen molar-refractivity contribution in [3.63, 3.8) is 0 Å². The third kappa shape index (κ3) is 3.36. The second-order valence-electron chi connectivity index (χ2n) is 7.27. The van der Waals surface area contributed by atoms with Gasteiger partial charge in [0.05, 0.1) is 5.56 Å². The van der Waals surface area contributed by atoms with Gasteiger partial charge < -0.3 is 4.90 Å². The molecule has 3 N–H and O–H groups in total. The molecule has 28 heavy (non-hydrogen) atoms. The first-order valence-corrected chi connectivity index (χ1v) is 10.8. The van der Waals surface area contributed by atoms with Crippen LogP contribution >= 0.6 is 0 Å². The van der Waals surface area contributed by atoms with E-state index in [-0.39, 0.29) is 18.0 Å². The lowest BCUT2D eigenvalue weighted by molar-refractivity contribution is 0.0989. The van der Waals surface area contributed by atoms with Gasteiger partial charge >= 0.3 is 0 Å². The number of anilines is 2. The number of nitrogens with one attached hydrogen (secondary N) is 3. The van der Waals surface area contributed by atoms with E-state index in [1.165, 1.54) is 0 Å². The van der Waals surface area contributed by atoms with Crippen LogP contribution in [0.2, 0.25) is 0 Å². The van der Waals surface area contributed by atoms with Crippen LogP contribution in [0.25, 0.3) is 0 Å². The Bertz CT molecular complexity index is 986. The summed E-state index contributed by atoms with van der Waals surface area (Å²) in [5, 5.41) is -0.579. The molecule has 1 saturated heterocycles. The van der Waals surface area contributed by atoms with Crippen molar-refractivity contribution >= 4 is 27.3 Å². The molecule has 1 fully saturated rings. The number of carbonyl (C=O) groups excluding carboxylic acids is 1. The predicted molar refractivity (Wildman–Crippen MR) is 108 cm³/mol. The first-order valence-electron chi connectivity index (χ1n) is 9.24. The van der Waals surface area contributed by atoms with Crippen molar-refractivity contribution in [2.24, 2.45) is 0 Å². The van der Waals surface area contributed by atoms with Gasteiger partial charge in [0, 0.05) is 42.4 Å². The standard InChI is InChI=1S/C19H23N5O3S/c1-12-18(13(2)22-21-12)28(26,27)23-16-5-6-17-14(10-16)7-9-24(17)19(25)15-4-3-8-20-11-15/h3-6,8,10-13,18,21-23H,7,9H2,1-2H3. The summed E-state index contributed by atoms with van der Waals surface area (Å²) in [7, 11) is -3.57. The summed E-state index contributed by atoms with van der Waals surface area (Å²) >= 11 is 0. The van der Waals surface area contributed by atoms with Gasteiger partial charge in [-0.05, 0) is 56.2 Å². The zero-order chi connectivity index (χ0) is 19.9. The lowest BCUT2D eigenvalue weighted by Crippen LogP contribution is -2.41. The van der Waals surface area contributed by atoms with E-state index in [1.54, 1.807) is 41.6 Å². The van der Waals surface area contributed by atoms with Gasteiger partial charge in [-0.25, -0.2) is 8.42 Å². The van der Waals surface area contributed by atoms with Crippen molar-refractivity contribution < 1.29 is 13.2 Å². The minimum Gasteiger partial charge on any atom is -0.308 e. The third-order valence-corrected chi connectivity index (χ3v) is 7.32. The summed E-state index contributed by atoms with van der Waals surface area (Å²) < 4.78 is 28.3. The number of carbonyl (C=O) groups is 1. The monoisotopic (exact) mass is 401 g/mol. The fraction of sp³-hybridized carbons (Fsp3) is 0.368. The number of sulfonamides is 1. The Balaban J connectivity index is 1.55. The van der Waals surface area contributed by atoms with Gasteiger partial charge in [-0.1, -0.05) is 0 Å². The molecule has 2 atom stereocenters. The number of rotatable bonds is 4. The van der Waals surface area contributed by atoms with Crippen LogP contribution in [0.5, 0.6) is 0 Å². The molecule has 3 heterocycles. The van der Waals surface area contributed by atoms with E-state index in [0.29, 0.717) is 24.2 Å². The largest absolute Gasteiger partial charge is 0.308 e. The van der Waals surface area contributed by atoms with Gasteiger partial charge in [-0.2, -0.15) is 0 Å². The van der Waals surface area contributed by atoms with Crippen molar-refractivity contribution in [2.45, 2.75) is 37.6 Å². The predicted octanol–water partition coefficient (Wildman–Crippen LogP) is 1.28. The molecule has 8 nitrogen and oxygen atoms in total. The van der Waals surface area contributed by atoms with Crippen molar-refractivity contribution in [3.8, 4) is 0 Å². The number of benzene rings is 1. The minimum absolute atomic E-state index is 0.106. The molecule has 1 amide bonds. The van der Waals surface area contributed by atoms with Gasteiger partial charge in [0.2, 0.25) is 10.0 Å². The van der Waals surface area contributed by atoms with Crippen LogP contribution < -0.4 is 20.5 Å². The minimum atomic E-state index is -3.57. The highest BCUT2D eigenvalue weighted by molar-refractivity contribution is 7.93. The zero-order valence-electron chi connectivity index (χ0n) is 15.7. The molecule has 2 aromatic rings. The molecule has 0 saturated carbocycles. The molecule has 9 heteroatoms. The molecule has 0 bridgehead atoms. The number of hydrogen-bond acceptors (Lipinski definition) is 6. The molecule has 1 aromatic carbocycles. The molecule has 4 rings (SSSR count). The highest BCUT2D eigenvalue weighted by atomic mass is 32.2. The summed E-state index contributed by atoms with van der Waals surface area (Å²) in [6.07, 6.45) is 3.86. The van der Waals surface area contributed by atoms with Crippen LogP contribution in [-0.2, 0) is 16.4 Å². The van der Waals surface area contributed by atoms with Gasteiger partial charge in [0.1, 0.15) is 5.25 Å². The molecule has 0 spiro atoms. The molecule has 0 aliphatic carbocycles. The van der Waals surface area contributed by atoms with Gasteiger partial charge in [-0.3, -0.25) is 25.4 Å². The Morgan fingerprint density at radius 1 is 1.21 bits per heavy atom.